The van der Waals surface area contributed by atoms with Gasteiger partial charge in [-0.15, -0.1) is 0 Å². The molecule has 0 saturated heterocycles. The molecule has 1 aromatic rings. The van der Waals surface area contributed by atoms with Gasteiger partial charge in [-0.05, 0) is 30.9 Å². The van der Waals surface area contributed by atoms with Gasteiger partial charge in [0.25, 0.3) is 0 Å². The van der Waals surface area contributed by atoms with Crippen LogP contribution in [0.5, 0.6) is 0 Å². The monoisotopic (exact) mass is 215 g/mol. The van der Waals surface area contributed by atoms with Crippen LogP contribution in [0.2, 0.25) is 0 Å². The topological polar surface area (TPSA) is 26.0 Å². The Hall–Kier alpha value is -1.50. The van der Waals surface area contributed by atoms with Crippen molar-refractivity contribution in [2.45, 2.75) is 33.6 Å². The minimum atomic E-state index is 0.462. The van der Waals surface area contributed by atoms with Crippen LogP contribution >= 0.6 is 0 Å². The fraction of sp³-hybridized carbons (Fsp3) is 0.333. The minimum absolute atomic E-state index is 0.462. The van der Waals surface area contributed by atoms with Gasteiger partial charge >= 0.3 is 0 Å². The van der Waals surface area contributed by atoms with Crippen LogP contribution in [0.1, 0.15) is 44.7 Å². The quantitative estimate of drug-likeness (QED) is 0.588. The predicted octanol–water partition coefficient (Wildman–Crippen LogP) is 4.37. The maximum absolute atomic E-state index is 6.22. The van der Waals surface area contributed by atoms with Crippen LogP contribution in [-0.2, 0) is 0 Å². The Morgan fingerprint density at radius 3 is 2.44 bits per heavy atom. The van der Waals surface area contributed by atoms with E-state index < -0.39 is 0 Å². The van der Waals surface area contributed by atoms with Gasteiger partial charge in [-0.2, -0.15) is 0 Å². The summed E-state index contributed by atoms with van der Waals surface area (Å²) >= 11 is 0. The van der Waals surface area contributed by atoms with Gasteiger partial charge in [-0.25, -0.2) is 0 Å². The van der Waals surface area contributed by atoms with Gasteiger partial charge in [0.1, 0.15) is 0 Å². The van der Waals surface area contributed by atoms with Crippen molar-refractivity contribution >= 4 is 11.3 Å². The molecule has 1 aromatic carbocycles. The van der Waals surface area contributed by atoms with Crippen molar-refractivity contribution in [3.05, 3.63) is 47.6 Å². The number of hydrogen-bond acceptors (Lipinski definition) is 1. The number of anilines is 1. The van der Waals surface area contributed by atoms with E-state index in [2.05, 4.69) is 44.2 Å². The lowest BCUT2D eigenvalue weighted by atomic mass is 9.94. The molecule has 0 aliphatic carbocycles. The molecule has 0 saturated carbocycles. The van der Waals surface area contributed by atoms with Crippen LogP contribution in [0.25, 0.3) is 5.57 Å². The average molecular weight is 215 g/mol. The SMILES string of the molecule is C/C=C\C(=C/C)c1cccc(C(C)C)c1N. The Balaban J connectivity index is 3.30. The van der Waals surface area contributed by atoms with E-state index in [9.17, 15) is 0 Å². The highest BCUT2D eigenvalue weighted by molar-refractivity contribution is 5.82. The molecule has 0 amide bonds. The van der Waals surface area contributed by atoms with E-state index in [0.717, 1.165) is 11.3 Å². The van der Waals surface area contributed by atoms with E-state index >= 15 is 0 Å². The Morgan fingerprint density at radius 1 is 1.25 bits per heavy atom. The summed E-state index contributed by atoms with van der Waals surface area (Å²) in [6.07, 6.45) is 6.22. The van der Waals surface area contributed by atoms with Crippen LogP contribution in [0.4, 0.5) is 5.69 Å². The van der Waals surface area contributed by atoms with E-state index in [0.29, 0.717) is 5.92 Å². The van der Waals surface area contributed by atoms with Gasteiger partial charge < -0.3 is 5.73 Å². The molecule has 0 spiro atoms. The van der Waals surface area contributed by atoms with Crippen molar-refractivity contribution in [1.29, 1.82) is 0 Å². The summed E-state index contributed by atoms with van der Waals surface area (Å²) in [4.78, 5) is 0. The highest BCUT2D eigenvalue weighted by atomic mass is 14.6. The van der Waals surface area contributed by atoms with Crippen LogP contribution in [0.3, 0.4) is 0 Å². The Morgan fingerprint density at radius 2 is 1.94 bits per heavy atom. The van der Waals surface area contributed by atoms with Gasteiger partial charge in [-0.3, -0.25) is 0 Å². The van der Waals surface area contributed by atoms with Gasteiger partial charge in [-0.1, -0.05) is 50.3 Å². The molecular formula is C15H21N. The number of nitrogen functional groups attached to an aromatic ring is 1. The van der Waals surface area contributed by atoms with E-state index in [1.807, 2.05) is 19.9 Å². The molecule has 86 valence electrons. The van der Waals surface area contributed by atoms with E-state index in [1.54, 1.807) is 0 Å². The molecule has 0 aromatic heterocycles. The number of rotatable bonds is 3. The molecule has 0 atom stereocenters. The second-order valence-electron chi connectivity index (χ2n) is 4.21. The van der Waals surface area contributed by atoms with E-state index in [-0.39, 0.29) is 0 Å². The van der Waals surface area contributed by atoms with Crippen LogP contribution in [0, 0.1) is 0 Å². The van der Waals surface area contributed by atoms with Crippen molar-refractivity contribution in [3.8, 4) is 0 Å². The lowest BCUT2D eigenvalue weighted by Crippen LogP contribution is -2.00. The smallest absolute Gasteiger partial charge is 0.0428 e. The normalized spacial score (nSPS) is 12.7. The molecule has 1 rings (SSSR count). The molecule has 0 unspecified atom stereocenters. The zero-order valence-electron chi connectivity index (χ0n) is 10.6. The Bertz CT molecular complexity index is 411. The maximum atomic E-state index is 6.22. The van der Waals surface area contributed by atoms with E-state index in [4.69, 9.17) is 5.73 Å². The molecule has 16 heavy (non-hydrogen) atoms. The largest absolute Gasteiger partial charge is 0.398 e. The third-order valence-electron chi connectivity index (χ3n) is 2.73. The van der Waals surface area contributed by atoms with Crippen LogP contribution in [-0.4, -0.2) is 0 Å². The van der Waals surface area contributed by atoms with Gasteiger partial charge in [0.15, 0.2) is 0 Å². The summed E-state index contributed by atoms with van der Waals surface area (Å²) in [5.74, 6) is 0.462. The van der Waals surface area contributed by atoms with Gasteiger partial charge in [0.2, 0.25) is 0 Å². The van der Waals surface area contributed by atoms with Crippen molar-refractivity contribution in [3.63, 3.8) is 0 Å². The zero-order chi connectivity index (χ0) is 12.1. The molecule has 0 radical (unpaired) electrons. The molecule has 0 bridgehead atoms. The fourth-order valence-electron chi connectivity index (χ4n) is 1.86. The molecule has 0 aliphatic rings. The zero-order valence-corrected chi connectivity index (χ0v) is 10.6. The standard InChI is InChI=1S/C15H21N/c1-5-8-12(6-2)14-10-7-9-13(11(3)4)15(14)16/h5-11H,16H2,1-4H3/b8-5-,12-6+. The van der Waals surface area contributed by atoms with Crippen molar-refractivity contribution in [1.82, 2.24) is 0 Å². The van der Waals surface area contributed by atoms with Gasteiger partial charge in [0.05, 0.1) is 0 Å². The van der Waals surface area contributed by atoms with Crippen molar-refractivity contribution in [2.75, 3.05) is 5.73 Å². The fourth-order valence-corrected chi connectivity index (χ4v) is 1.86. The third kappa shape index (κ3) is 2.54. The number of hydrogen-bond donors (Lipinski definition) is 1. The molecule has 1 nitrogen and oxygen atoms in total. The predicted molar refractivity (Wildman–Crippen MR) is 73.4 cm³/mol. The number of allylic oxidation sites excluding steroid dienone is 4. The summed E-state index contributed by atoms with van der Waals surface area (Å²) in [6, 6.07) is 6.26. The van der Waals surface area contributed by atoms with Crippen LogP contribution < -0.4 is 5.73 Å². The lowest BCUT2D eigenvalue weighted by Gasteiger charge is -2.14. The molecular weight excluding hydrogens is 194 g/mol. The second-order valence-corrected chi connectivity index (χ2v) is 4.21. The lowest BCUT2D eigenvalue weighted by molar-refractivity contribution is 0.869. The van der Waals surface area contributed by atoms with Crippen molar-refractivity contribution < 1.29 is 0 Å². The first kappa shape index (κ1) is 12.6. The molecule has 1 heteroatoms. The number of para-hydroxylation sites is 1. The first-order valence-electron chi connectivity index (χ1n) is 5.79. The summed E-state index contributed by atoms with van der Waals surface area (Å²) in [5.41, 5.74) is 10.7. The van der Waals surface area contributed by atoms with Gasteiger partial charge in [0, 0.05) is 11.3 Å². The van der Waals surface area contributed by atoms with Crippen LogP contribution in [0.15, 0.2) is 36.4 Å². The first-order valence-corrected chi connectivity index (χ1v) is 5.79. The molecule has 0 heterocycles. The summed E-state index contributed by atoms with van der Waals surface area (Å²) in [7, 11) is 0. The Kier molecular flexibility index (Phi) is 4.36. The summed E-state index contributed by atoms with van der Waals surface area (Å²) in [5, 5.41) is 0. The first-order chi connectivity index (χ1) is 7.61. The highest BCUT2D eigenvalue weighted by Crippen LogP contribution is 2.30. The molecule has 2 N–H and O–H groups in total. The second kappa shape index (κ2) is 5.55. The third-order valence-corrected chi connectivity index (χ3v) is 2.73. The average Bonchev–Trinajstić information content (AvgIpc) is 2.26. The molecule has 0 fully saturated rings. The number of benzene rings is 1. The maximum Gasteiger partial charge on any atom is 0.0428 e. The van der Waals surface area contributed by atoms with E-state index in [1.165, 1.54) is 11.1 Å². The Labute approximate surface area is 98.7 Å². The minimum Gasteiger partial charge on any atom is -0.398 e. The number of nitrogens with two attached hydrogens (primary N) is 1. The molecule has 0 aliphatic heterocycles. The summed E-state index contributed by atoms with van der Waals surface area (Å²) in [6.45, 7) is 8.39. The highest BCUT2D eigenvalue weighted by Gasteiger charge is 2.09. The summed E-state index contributed by atoms with van der Waals surface area (Å²) < 4.78 is 0. The van der Waals surface area contributed by atoms with Crippen molar-refractivity contribution in [2.24, 2.45) is 0 Å².